The number of nitrogens with zero attached hydrogens (tertiary/aromatic N) is 3. The molecule has 0 radical (unpaired) electrons. The van der Waals surface area contributed by atoms with Crippen LogP contribution in [0.25, 0.3) is 11.4 Å². The van der Waals surface area contributed by atoms with Crippen LogP contribution in [0.5, 0.6) is 0 Å². The van der Waals surface area contributed by atoms with Gasteiger partial charge in [0, 0.05) is 30.7 Å². The summed E-state index contributed by atoms with van der Waals surface area (Å²) in [6, 6.07) is 4.02. The first-order valence-corrected chi connectivity index (χ1v) is 6.44. The topological polar surface area (TPSA) is 56.7 Å². The Morgan fingerprint density at radius 3 is 2.89 bits per heavy atom. The molecule has 1 atom stereocenters. The fourth-order valence-corrected chi connectivity index (χ4v) is 2.74. The quantitative estimate of drug-likeness (QED) is 0.869. The van der Waals surface area contributed by atoms with Gasteiger partial charge in [0.25, 0.3) is 0 Å². The van der Waals surface area contributed by atoms with Gasteiger partial charge in [-0.05, 0) is 43.9 Å². The molecule has 0 fully saturated rings. The Kier molecular flexibility index (Phi) is 2.88. The molecule has 1 aliphatic carbocycles. The third-order valence-electron chi connectivity index (χ3n) is 3.84. The Hall–Kier alpha value is -1.68. The molecule has 1 aliphatic rings. The predicted molar refractivity (Wildman–Crippen MR) is 71.0 cm³/mol. The number of hydrogen-bond donors (Lipinski definition) is 1. The molecule has 2 heterocycles. The molecule has 94 valence electrons. The van der Waals surface area contributed by atoms with Crippen LogP contribution < -0.4 is 5.73 Å². The molecule has 0 saturated carbocycles. The average Bonchev–Trinajstić information content (AvgIpc) is 2.76. The summed E-state index contributed by atoms with van der Waals surface area (Å²) in [5, 5.41) is 0. The summed E-state index contributed by atoms with van der Waals surface area (Å²) in [7, 11) is 2.10. The summed E-state index contributed by atoms with van der Waals surface area (Å²) in [4.78, 5) is 8.85. The van der Waals surface area contributed by atoms with E-state index in [4.69, 9.17) is 10.7 Å². The molecule has 0 aromatic carbocycles. The normalized spacial score (nSPS) is 18.7. The number of aromatic nitrogens is 3. The van der Waals surface area contributed by atoms with Crippen LogP contribution in [0.2, 0.25) is 0 Å². The van der Waals surface area contributed by atoms with Crippen LogP contribution in [-0.2, 0) is 19.9 Å². The Bertz CT molecular complexity index is 544. The van der Waals surface area contributed by atoms with Crippen LogP contribution in [0.1, 0.15) is 17.8 Å². The van der Waals surface area contributed by atoms with Gasteiger partial charge in [-0.15, -0.1) is 0 Å². The largest absolute Gasteiger partial charge is 0.331 e. The number of pyridine rings is 1. The third-order valence-corrected chi connectivity index (χ3v) is 3.84. The Morgan fingerprint density at radius 2 is 2.17 bits per heavy atom. The Labute approximate surface area is 107 Å². The van der Waals surface area contributed by atoms with E-state index in [1.807, 2.05) is 24.5 Å². The molecule has 1 unspecified atom stereocenters. The summed E-state index contributed by atoms with van der Waals surface area (Å²) in [6.45, 7) is 0.764. The van der Waals surface area contributed by atoms with Crippen molar-refractivity contribution in [2.24, 2.45) is 18.7 Å². The van der Waals surface area contributed by atoms with Gasteiger partial charge in [0.15, 0.2) is 0 Å². The molecule has 0 bridgehead atoms. The van der Waals surface area contributed by atoms with Gasteiger partial charge in [0.2, 0.25) is 0 Å². The highest BCUT2D eigenvalue weighted by molar-refractivity contribution is 5.56. The van der Waals surface area contributed by atoms with E-state index in [2.05, 4.69) is 16.6 Å². The first-order chi connectivity index (χ1) is 8.79. The van der Waals surface area contributed by atoms with Gasteiger partial charge in [-0.1, -0.05) is 0 Å². The smallest absolute Gasteiger partial charge is 0.140 e. The van der Waals surface area contributed by atoms with Gasteiger partial charge >= 0.3 is 0 Å². The third kappa shape index (κ3) is 1.82. The van der Waals surface area contributed by atoms with E-state index in [0.29, 0.717) is 5.92 Å². The fraction of sp³-hybridized carbons (Fsp3) is 0.429. The zero-order valence-corrected chi connectivity index (χ0v) is 10.6. The van der Waals surface area contributed by atoms with Crippen molar-refractivity contribution in [3.63, 3.8) is 0 Å². The summed E-state index contributed by atoms with van der Waals surface area (Å²) >= 11 is 0. The van der Waals surface area contributed by atoms with E-state index < -0.39 is 0 Å². The minimum Gasteiger partial charge on any atom is -0.331 e. The molecule has 4 heteroatoms. The van der Waals surface area contributed by atoms with Crippen molar-refractivity contribution in [3.8, 4) is 11.4 Å². The second kappa shape index (κ2) is 4.53. The minimum atomic E-state index is 0.595. The molecule has 4 nitrogen and oxygen atoms in total. The molecule has 0 aliphatic heterocycles. The zero-order chi connectivity index (χ0) is 12.5. The van der Waals surface area contributed by atoms with E-state index in [9.17, 15) is 0 Å². The monoisotopic (exact) mass is 242 g/mol. The Balaban J connectivity index is 2.02. The van der Waals surface area contributed by atoms with Crippen LogP contribution in [0, 0.1) is 5.92 Å². The van der Waals surface area contributed by atoms with E-state index in [0.717, 1.165) is 30.8 Å². The van der Waals surface area contributed by atoms with Gasteiger partial charge in [0.05, 0.1) is 5.69 Å². The highest BCUT2D eigenvalue weighted by Crippen LogP contribution is 2.28. The molecule has 3 rings (SSSR count). The minimum absolute atomic E-state index is 0.595. The number of rotatable bonds is 2. The number of hydrogen-bond acceptors (Lipinski definition) is 3. The number of nitrogens with two attached hydrogens (primary N) is 1. The van der Waals surface area contributed by atoms with Crippen molar-refractivity contribution in [2.45, 2.75) is 19.3 Å². The van der Waals surface area contributed by atoms with E-state index in [-0.39, 0.29) is 0 Å². The van der Waals surface area contributed by atoms with Crippen molar-refractivity contribution >= 4 is 0 Å². The lowest BCUT2D eigenvalue weighted by Crippen LogP contribution is -2.22. The first-order valence-electron chi connectivity index (χ1n) is 6.44. The molecule has 0 amide bonds. The van der Waals surface area contributed by atoms with Crippen LogP contribution in [0.4, 0.5) is 0 Å². The summed E-state index contributed by atoms with van der Waals surface area (Å²) in [5.74, 6) is 1.64. The molecule has 18 heavy (non-hydrogen) atoms. The number of imidazole rings is 1. The Morgan fingerprint density at radius 1 is 1.39 bits per heavy atom. The van der Waals surface area contributed by atoms with E-state index in [1.54, 1.807) is 0 Å². The van der Waals surface area contributed by atoms with Crippen molar-refractivity contribution in [1.82, 2.24) is 14.5 Å². The van der Waals surface area contributed by atoms with Crippen LogP contribution in [-0.4, -0.2) is 21.1 Å². The number of fused-ring (bicyclic) bond motifs is 1. The lowest BCUT2D eigenvalue weighted by atomic mass is 9.90. The second-order valence-electron chi connectivity index (χ2n) is 4.97. The highest BCUT2D eigenvalue weighted by atomic mass is 15.1. The van der Waals surface area contributed by atoms with Crippen LogP contribution >= 0.6 is 0 Å². The maximum Gasteiger partial charge on any atom is 0.140 e. The van der Waals surface area contributed by atoms with Gasteiger partial charge < -0.3 is 10.3 Å². The first kappa shape index (κ1) is 11.4. The maximum atomic E-state index is 5.77. The van der Waals surface area contributed by atoms with Gasteiger partial charge in [-0.2, -0.15) is 0 Å². The lowest BCUT2D eigenvalue weighted by molar-refractivity contribution is 0.456. The van der Waals surface area contributed by atoms with Crippen molar-refractivity contribution in [2.75, 3.05) is 6.54 Å². The van der Waals surface area contributed by atoms with Crippen molar-refractivity contribution in [1.29, 1.82) is 0 Å². The molecule has 0 saturated heterocycles. The molecule has 2 N–H and O–H groups in total. The van der Waals surface area contributed by atoms with Crippen molar-refractivity contribution in [3.05, 3.63) is 35.9 Å². The van der Waals surface area contributed by atoms with Gasteiger partial charge in [-0.3, -0.25) is 4.98 Å². The van der Waals surface area contributed by atoms with Gasteiger partial charge in [0.1, 0.15) is 5.82 Å². The summed E-state index contributed by atoms with van der Waals surface area (Å²) < 4.78 is 2.22. The van der Waals surface area contributed by atoms with Crippen LogP contribution in [0.15, 0.2) is 24.5 Å². The molecule has 2 aromatic rings. The standard InChI is InChI=1S/C14H18N4/c1-18-13-3-2-10(9-15)8-12(13)17-14(18)11-4-6-16-7-5-11/h4-7,10H,2-3,8-9,15H2,1H3. The summed E-state index contributed by atoms with van der Waals surface area (Å²) in [6.07, 6.45) is 6.91. The van der Waals surface area contributed by atoms with Crippen molar-refractivity contribution < 1.29 is 0 Å². The molecular weight excluding hydrogens is 224 g/mol. The highest BCUT2D eigenvalue weighted by Gasteiger charge is 2.23. The lowest BCUT2D eigenvalue weighted by Gasteiger charge is -2.20. The van der Waals surface area contributed by atoms with Gasteiger partial charge in [-0.25, -0.2) is 4.98 Å². The SMILES string of the molecule is Cn1c(-c2ccncc2)nc2c1CCC(CN)C2. The average molecular weight is 242 g/mol. The molecular formula is C14H18N4. The van der Waals surface area contributed by atoms with E-state index >= 15 is 0 Å². The molecule has 2 aromatic heterocycles. The van der Waals surface area contributed by atoms with E-state index in [1.165, 1.54) is 17.8 Å². The zero-order valence-electron chi connectivity index (χ0n) is 10.6. The predicted octanol–water partition coefficient (Wildman–Crippen LogP) is 1.55. The maximum absolute atomic E-state index is 5.77. The fourth-order valence-electron chi connectivity index (χ4n) is 2.74. The summed E-state index contributed by atoms with van der Waals surface area (Å²) in [5.41, 5.74) is 9.50. The second-order valence-corrected chi connectivity index (χ2v) is 4.97. The molecule has 0 spiro atoms. The van der Waals surface area contributed by atoms with Crippen LogP contribution in [0.3, 0.4) is 0 Å².